The molecule has 0 aliphatic heterocycles. The molecule has 0 radical (unpaired) electrons. The van der Waals surface area contributed by atoms with Crippen molar-refractivity contribution in [1.29, 1.82) is 0 Å². The quantitative estimate of drug-likeness (QED) is 0.361. The Morgan fingerprint density at radius 3 is 2.50 bits per heavy atom. The molecule has 2 heterocycles. The highest BCUT2D eigenvalue weighted by atomic mass is 32.2. The predicted octanol–water partition coefficient (Wildman–Crippen LogP) is 4.82. The Morgan fingerprint density at radius 1 is 1.11 bits per heavy atom. The molecule has 4 aromatic rings. The summed E-state index contributed by atoms with van der Waals surface area (Å²) in [5.74, 6) is -0.348. The van der Waals surface area contributed by atoms with Gasteiger partial charge in [-0.05, 0) is 42.8 Å². The van der Waals surface area contributed by atoms with Gasteiger partial charge in [-0.2, -0.15) is 0 Å². The minimum Gasteiger partial charge on any atom is -0.472 e. The Balaban J connectivity index is 2.06. The standard InChI is InChI=1S/C22H17NO4S/c1-3-21(24)19-13-23(28(25,26)17-9-7-15(2)8-10-17)20-6-4-5-18(22(19)20)16-11-12-27-14-16/h3-14H,1H2,2H3. The number of carbonyl (C=O) groups is 1. The first-order chi connectivity index (χ1) is 13.4. The first-order valence-electron chi connectivity index (χ1n) is 8.59. The first-order valence-corrected chi connectivity index (χ1v) is 10.0. The lowest BCUT2D eigenvalue weighted by atomic mass is 10.00. The number of fused-ring (bicyclic) bond motifs is 1. The lowest BCUT2D eigenvalue weighted by Crippen LogP contribution is -2.12. The van der Waals surface area contributed by atoms with Gasteiger partial charge in [0.25, 0.3) is 10.0 Å². The van der Waals surface area contributed by atoms with Gasteiger partial charge in [0.15, 0.2) is 5.78 Å². The summed E-state index contributed by atoms with van der Waals surface area (Å²) in [4.78, 5) is 12.7. The molecule has 0 atom stereocenters. The number of benzene rings is 2. The van der Waals surface area contributed by atoms with Crippen LogP contribution in [0.5, 0.6) is 0 Å². The fourth-order valence-electron chi connectivity index (χ4n) is 3.24. The van der Waals surface area contributed by atoms with Crippen LogP contribution in [0.2, 0.25) is 0 Å². The van der Waals surface area contributed by atoms with Crippen molar-refractivity contribution >= 4 is 26.7 Å². The monoisotopic (exact) mass is 391 g/mol. The fourth-order valence-corrected chi connectivity index (χ4v) is 4.60. The normalized spacial score (nSPS) is 11.6. The van der Waals surface area contributed by atoms with Gasteiger partial charge < -0.3 is 4.42 Å². The van der Waals surface area contributed by atoms with E-state index in [-0.39, 0.29) is 16.2 Å². The molecule has 0 N–H and O–H groups in total. The average Bonchev–Trinajstić information content (AvgIpc) is 3.36. The predicted molar refractivity (Wildman–Crippen MR) is 108 cm³/mol. The van der Waals surface area contributed by atoms with E-state index in [1.54, 1.807) is 48.7 Å². The number of ketones is 1. The number of furan rings is 1. The Kier molecular flexibility index (Phi) is 4.28. The summed E-state index contributed by atoms with van der Waals surface area (Å²) in [7, 11) is -3.88. The highest BCUT2D eigenvalue weighted by Gasteiger charge is 2.24. The third-order valence-electron chi connectivity index (χ3n) is 4.66. The number of aryl methyl sites for hydroxylation is 1. The molecule has 0 fully saturated rings. The number of aromatic nitrogens is 1. The second-order valence-corrected chi connectivity index (χ2v) is 8.25. The Bertz CT molecular complexity index is 1290. The second kappa shape index (κ2) is 6.65. The van der Waals surface area contributed by atoms with Crippen LogP contribution in [0.25, 0.3) is 22.0 Å². The number of nitrogens with zero attached hydrogens (tertiary/aromatic N) is 1. The molecule has 0 saturated heterocycles. The molecule has 0 spiro atoms. The van der Waals surface area contributed by atoms with E-state index in [1.807, 2.05) is 13.0 Å². The van der Waals surface area contributed by atoms with Gasteiger partial charge in [0, 0.05) is 22.7 Å². The highest BCUT2D eigenvalue weighted by Crippen LogP contribution is 2.35. The zero-order chi connectivity index (χ0) is 19.9. The maximum Gasteiger partial charge on any atom is 0.268 e. The molecular formula is C22H17NO4S. The average molecular weight is 391 g/mol. The van der Waals surface area contributed by atoms with Gasteiger partial charge >= 0.3 is 0 Å². The molecule has 0 saturated carbocycles. The Labute approximate surface area is 162 Å². The zero-order valence-corrected chi connectivity index (χ0v) is 15.9. The Morgan fingerprint density at radius 2 is 1.86 bits per heavy atom. The van der Waals surface area contributed by atoms with Gasteiger partial charge in [-0.25, -0.2) is 12.4 Å². The summed E-state index contributed by atoms with van der Waals surface area (Å²) in [6, 6.07) is 13.6. The van der Waals surface area contributed by atoms with E-state index in [4.69, 9.17) is 4.42 Å². The summed E-state index contributed by atoms with van der Waals surface area (Å²) < 4.78 is 32.9. The van der Waals surface area contributed by atoms with Crippen molar-refractivity contribution in [1.82, 2.24) is 3.97 Å². The molecular weight excluding hydrogens is 374 g/mol. The van der Waals surface area contributed by atoms with Crippen molar-refractivity contribution in [2.75, 3.05) is 0 Å². The molecule has 0 aliphatic carbocycles. The third-order valence-corrected chi connectivity index (χ3v) is 6.34. The molecule has 28 heavy (non-hydrogen) atoms. The molecule has 4 rings (SSSR count). The summed E-state index contributed by atoms with van der Waals surface area (Å²) in [5, 5.41) is 0.546. The van der Waals surface area contributed by atoms with E-state index < -0.39 is 10.0 Å². The van der Waals surface area contributed by atoms with E-state index in [0.29, 0.717) is 16.5 Å². The lowest BCUT2D eigenvalue weighted by molar-refractivity contribution is 0.104. The minimum atomic E-state index is -3.88. The van der Waals surface area contributed by atoms with Crippen LogP contribution in [0.4, 0.5) is 0 Å². The van der Waals surface area contributed by atoms with E-state index in [2.05, 4.69) is 6.58 Å². The van der Waals surface area contributed by atoms with Crippen LogP contribution in [-0.2, 0) is 10.0 Å². The smallest absolute Gasteiger partial charge is 0.268 e. The van der Waals surface area contributed by atoms with E-state index >= 15 is 0 Å². The number of hydrogen-bond acceptors (Lipinski definition) is 4. The fraction of sp³-hybridized carbons (Fsp3) is 0.0455. The number of rotatable bonds is 5. The van der Waals surface area contributed by atoms with E-state index in [1.165, 1.54) is 18.5 Å². The zero-order valence-electron chi connectivity index (χ0n) is 15.1. The maximum atomic E-state index is 13.3. The van der Waals surface area contributed by atoms with Crippen molar-refractivity contribution < 1.29 is 17.6 Å². The van der Waals surface area contributed by atoms with E-state index in [0.717, 1.165) is 15.1 Å². The summed E-state index contributed by atoms with van der Waals surface area (Å²) in [6.45, 7) is 5.44. The van der Waals surface area contributed by atoms with Crippen LogP contribution in [0, 0.1) is 6.92 Å². The molecule has 140 valence electrons. The number of carbonyl (C=O) groups excluding carboxylic acids is 1. The van der Waals surface area contributed by atoms with Crippen LogP contribution < -0.4 is 0 Å². The molecule has 6 heteroatoms. The molecule has 5 nitrogen and oxygen atoms in total. The Hall–Kier alpha value is -3.38. The summed E-state index contributed by atoms with van der Waals surface area (Å²) in [6.07, 6.45) is 5.64. The van der Waals surface area contributed by atoms with Gasteiger partial charge in [0.05, 0.1) is 22.9 Å². The largest absolute Gasteiger partial charge is 0.472 e. The first kappa shape index (κ1) is 18.0. The van der Waals surface area contributed by atoms with E-state index in [9.17, 15) is 13.2 Å². The SMILES string of the molecule is C=CC(=O)c1cn(S(=O)(=O)c2ccc(C)cc2)c2cccc(-c3ccoc3)c12. The number of hydrogen-bond donors (Lipinski definition) is 0. The van der Waals surface area contributed by atoms with Crippen molar-refractivity contribution in [3.05, 3.63) is 91.0 Å². The van der Waals surface area contributed by atoms with Gasteiger partial charge in [-0.3, -0.25) is 4.79 Å². The highest BCUT2D eigenvalue weighted by molar-refractivity contribution is 7.90. The maximum absolute atomic E-state index is 13.3. The van der Waals surface area contributed by atoms with Crippen LogP contribution in [0.1, 0.15) is 15.9 Å². The van der Waals surface area contributed by atoms with Gasteiger partial charge in [-0.15, -0.1) is 0 Å². The van der Waals surface area contributed by atoms with Gasteiger partial charge in [0.2, 0.25) is 0 Å². The van der Waals surface area contributed by atoms with Crippen molar-refractivity contribution in [2.45, 2.75) is 11.8 Å². The molecule has 0 bridgehead atoms. The molecule has 2 aromatic carbocycles. The van der Waals surface area contributed by atoms with Crippen LogP contribution in [0.15, 0.2) is 89.2 Å². The van der Waals surface area contributed by atoms with Gasteiger partial charge in [-0.1, -0.05) is 36.4 Å². The minimum absolute atomic E-state index is 0.154. The summed E-state index contributed by atoms with van der Waals surface area (Å²) >= 11 is 0. The van der Waals surface area contributed by atoms with Crippen molar-refractivity contribution in [3.8, 4) is 11.1 Å². The van der Waals surface area contributed by atoms with Crippen molar-refractivity contribution in [3.63, 3.8) is 0 Å². The number of allylic oxidation sites excluding steroid dienone is 1. The second-order valence-electron chi connectivity index (χ2n) is 6.44. The molecule has 0 unspecified atom stereocenters. The molecule has 2 aromatic heterocycles. The molecule has 0 aliphatic rings. The van der Waals surface area contributed by atoms with Crippen LogP contribution >= 0.6 is 0 Å². The van der Waals surface area contributed by atoms with Crippen LogP contribution in [0.3, 0.4) is 0 Å². The third kappa shape index (κ3) is 2.78. The van der Waals surface area contributed by atoms with Crippen LogP contribution in [-0.4, -0.2) is 18.2 Å². The lowest BCUT2D eigenvalue weighted by Gasteiger charge is -2.08. The molecule has 0 amide bonds. The van der Waals surface area contributed by atoms with Crippen molar-refractivity contribution in [2.24, 2.45) is 0 Å². The summed E-state index contributed by atoms with van der Waals surface area (Å²) in [5.41, 5.74) is 3.13. The van der Waals surface area contributed by atoms with Gasteiger partial charge in [0.1, 0.15) is 0 Å². The topological polar surface area (TPSA) is 69.3 Å².